The summed E-state index contributed by atoms with van der Waals surface area (Å²) < 4.78 is 5.53. The lowest BCUT2D eigenvalue weighted by Gasteiger charge is -2.32. The van der Waals surface area contributed by atoms with E-state index in [1.807, 2.05) is 65.2 Å². The molecule has 31 heavy (non-hydrogen) atoms. The number of ether oxygens (including phenoxy) is 1. The third kappa shape index (κ3) is 4.52. The van der Waals surface area contributed by atoms with Crippen LogP contribution in [0.5, 0.6) is 0 Å². The summed E-state index contributed by atoms with van der Waals surface area (Å²) in [6.45, 7) is 3.47. The first-order valence-electron chi connectivity index (χ1n) is 10.2. The number of amides is 2. The van der Waals surface area contributed by atoms with Crippen molar-refractivity contribution in [2.75, 3.05) is 13.7 Å². The first-order chi connectivity index (χ1) is 15.1. The molecule has 2 aromatic heterocycles. The molecule has 160 valence electrons. The molecule has 0 aliphatic carbocycles. The normalized spacial score (nSPS) is 14.1. The van der Waals surface area contributed by atoms with E-state index in [9.17, 15) is 9.59 Å². The largest absolute Gasteiger partial charge is 0.367 e. The van der Waals surface area contributed by atoms with Crippen LogP contribution in [0.1, 0.15) is 44.4 Å². The van der Waals surface area contributed by atoms with Crippen molar-refractivity contribution in [3.8, 4) is 0 Å². The van der Waals surface area contributed by atoms with E-state index < -0.39 is 6.10 Å². The minimum absolute atomic E-state index is 0.0489. The average Bonchev–Trinajstić information content (AvgIpc) is 3.34. The lowest BCUT2D eigenvalue weighted by Crippen LogP contribution is -2.40. The number of methoxy groups -OCH3 is 1. The molecule has 4 rings (SSSR count). The highest BCUT2D eigenvalue weighted by atomic mass is 32.1. The number of nitrogens with one attached hydrogen (secondary N) is 1. The van der Waals surface area contributed by atoms with Gasteiger partial charge in [-0.15, -0.1) is 0 Å². The molecule has 2 amide bonds. The topological polar surface area (TPSA) is 71.5 Å². The second kappa shape index (κ2) is 9.41. The molecule has 0 fully saturated rings. The number of hydrogen-bond donors (Lipinski definition) is 1. The number of pyridine rings is 1. The van der Waals surface area contributed by atoms with Gasteiger partial charge in [-0.05, 0) is 47.0 Å². The molecular weight excluding hydrogens is 410 g/mol. The minimum Gasteiger partial charge on any atom is -0.367 e. The van der Waals surface area contributed by atoms with Crippen molar-refractivity contribution in [2.45, 2.75) is 32.5 Å². The molecule has 3 aromatic rings. The molecule has 0 unspecified atom stereocenters. The monoisotopic (exact) mass is 435 g/mol. The summed E-state index contributed by atoms with van der Waals surface area (Å²) in [7, 11) is 1.56. The zero-order valence-electron chi connectivity index (χ0n) is 17.6. The number of carbonyl (C=O) groups excluding carboxylic acids is 2. The number of aryl methyl sites for hydroxylation is 1. The maximum absolute atomic E-state index is 13.2. The molecule has 6 nitrogen and oxygen atoms in total. The van der Waals surface area contributed by atoms with Crippen LogP contribution in [0.4, 0.5) is 0 Å². The molecule has 7 heteroatoms. The second-order valence-electron chi connectivity index (χ2n) is 7.56. The lowest BCUT2D eigenvalue weighted by molar-refractivity contribution is -0.143. The van der Waals surface area contributed by atoms with Crippen LogP contribution in [0.25, 0.3) is 0 Å². The zero-order chi connectivity index (χ0) is 21.8. The Hall–Kier alpha value is -3.03. The van der Waals surface area contributed by atoms with Gasteiger partial charge in [0.15, 0.2) is 6.10 Å². The number of aromatic nitrogens is 1. The Labute approximate surface area is 185 Å². The number of benzene rings is 1. The molecule has 1 N–H and O–H groups in total. The fraction of sp³-hybridized carbons (Fsp3) is 0.292. The second-order valence-corrected chi connectivity index (χ2v) is 8.34. The van der Waals surface area contributed by atoms with Gasteiger partial charge in [-0.25, -0.2) is 0 Å². The van der Waals surface area contributed by atoms with Gasteiger partial charge in [-0.1, -0.05) is 30.3 Å². The molecular formula is C24H25N3O3S. The van der Waals surface area contributed by atoms with Crippen molar-refractivity contribution < 1.29 is 14.3 Å². The van der Waals surface area contributed by atoms with Crippen LogP contribution in [-0.2, 0) is 29.0 Å². The number of carbonyl (C=O) groups is 2. The van der Waals surface area contributed by atoms with Gasteiger partial charge in [-0.3, -0.25) is 14.6 Å². The predicted octanol–water partition coefficient (Wildman–Crippen LogP) is 3.65. The molecule has 1 aromatic carbocycles. The Balaban J connectivity index is 1.50. The van der Waals surface area contributed by atoms with Crippen molar-refractivity contribution in [3.05, 3.63) is 86.9 Å². The number of fused-ring (bicyclic) bond motifs is 1. The average molecular weight is 436 g/mol. The highest BCUT2D eigenvalue weighted by Gasteiger charge is 2.29. The van der Waals surface area contributed by atoms with Crippen molar-refractivity contribution in [2.24, 2.45) is 0 Å². The van der Waals surface area contributed by atoms with Crippen molar-refractivity contribution in [1.29, 1.82) is 0 Å². The summed E-state index contributed by atoms with van der Waals surface area (Å²) in [5.41, 5.74) is 5.66. The number of rotatable bonds is 6. The highest BCUT2D eigenvalue weighted by molar-refractivity contribution is 7.08. The summed E-state index contributed by atoms with van der Waals surface area (Å²) in [6, 6.07) is 11.4. The minimum atomic E-state index is -0.620. The highest BCUT2D eigenvalue weighted by Crippen LogP contribution is 2.27. The van der Waals surface area contributed by atoms with E-state index in [-0.39, 0.29) is 11.8 Å². The summed E-state index contributed by atoms with van der Waals surface area (Å²) in [5.74, 6) is -0.135. The maximum atomic E-state index is 13.2. The zero-order valence-corrected chi connectivity index (χ0v) is 18.4. The summed E-state index contributed by atoms with van der Waals surface area (Å²) in [5, 5.41) is 6.73. The Kier molecular flexibility index (Phi) is 6.44. The first-order valence-corrected chi connectivity index (χ1v) is 11.2. The third-order valence-electron chi connectivity index (χ3n) is 5.68. The molecule has 1 aliphatic heterocycles. The number of thiophene rings is 1. The number of nitrogens with zero attached hydrogens (tertiary/aromatic N) is 2. The molecule has 0 saturated heterocycles. The maximum Gasteiger partial charge on any atom is 0.256 e. The van der Waals surface area contributed by atoms with Gasteiger partial charge in [0.1, 0.15) is 0 Å². The van der Waals surface area contributed by atoms with Gasteiger partial charge in [0.05, 0.1) is 0 Å². The molecule has 0 saturated carbocycles. The fourth-order valence-electron chi connectivity index (χ4n) is 3.98. The van der Waals surface area contributed by atoms with E-state index in [0.717, 1.165) is 28.8 Å². The Bertz CT molecular complexity index is 1070. The van der Waals surface area contributed by atoms with E-state index in [1.54, 1.807) is 7.11 Å². The van der Waals surface area contributed by atoms with Crippen LogP contribution >= 0.6 is 11.3 Å². The third-order valence-corrected chi connectivity index (χ3v) is 6.36. The van der Waals surface area contributed by atoms with Gasteiger partial charge < -0.3 is 15.0 Å². The van der Waals surface area contributed by atoms with Crippen LogP contribution in [0.3, 0.4) is 0 Å². The molecule has 1 aliphatic rings. The SMILES string of the molecule is CO[C@@H](C(=O)N1CCc2c(cnc(C)c2CNC(=O)c2ccsc2)C1)c1ccccc1. The van der Waals surface area contributed by atoms with Gasteiger partial charge in [0, 0.05) is 49.6 Å². The summed E-state index contributed by atoms with van der Waals surface area (Å²) >= 11 is 1.50. The van der Waals surface area contributed by atoms with Crippen LogP contribution in [-0.4, -0.2) is 35.4 Å². The van der Waals surface area contributed by atoms with Crippen molar-refractivity contribution >= 4 is 23.2 Å². The smallest absolute Gasteiger partial charge is 0.256 e. The van der Waals surface area contributed by atoms with Crippen molar-refractivity contribution in [1.82, 2.24) is 15.2 Å². The van der Waals surface area contributed by atoms with Crippen LogP contribution in [0.15, 0.2) is 53.4 Å². The van der Waals surface area contributed by atoms with Crippen LogP contribution in [0, 0.1) is 6.92 Å². The molecule has 0 spiro atoms. The molecule has 0 radical (unpaired) electrons. The van der Waals surface area contributed by atoms with Crippen LogP contribution in [0.2, 0.25) is 0 Å². The number of hydrogen-bond acceptors (Lipinski definition) is 5. The van der Waals surface area contributed by atoms with Gasteiger partial charge >= 0.3 is 0 Å². The van der Waals surface area contributed by atoms with E-state index in [2.05, 4.69) is 10.3 Å². The van der Waals surface area contributed by atoms with E-state index in [0.29, 0.717) is 25.2 Å². The summed E-state index contributed by atoms with van der Waals surface area (Å²) in [4.78, 5) is 31.9. The van der Waals surface area contributed by atoms with Crippen LogP contribution < -0.4 is 5.32 Å². The Morgan fingerprint density at radius 3 is 2.77 bits per heavy atom. The van der Waals surface area contributed by atoms with E-state index in [1.165, 1.54) is 16.9 Å². The van der Waals surface area contributed by atoms with Gasteiger partial charge in [0.25, 0.3) is 11.8 Å². The Morgan fingerprint density at radius 1 is 1.26 bits per heavy atom. The quantitative estimate of drug-likeness (QED) is 0.642. The lowest BCUT2D eigenvalue weighted by atomic mass is 9.94. The van der Waals surface area contributed by atoms with Gasteiger partial charge in [0.2, 0.25) is 0 Å². The van der Waals surface area contributed by atoms with Gasteiger partial charge in [-0.2, -0.15) is 11.3 Å². The fourth-order valence-corrected chi connectivity index (χ4v) is 4.62. The molecule has 3 heterocycles. The van der Waals surface area contributed by atoms with Crippen molar-refractivity contribution in [3.63, 3.8) is 0 Å². The summed E-state index contributed by atoms with van der Waals surface area (Å²) in [6.07, 6.45) is 1.95. The standard InChI is InChI=1S/C24H25N3O3S/c1-16-21(13-26-23(28)18-9-11-31-15-18)20-8-10-27(14-19(20)12-25-16)24(29)22(30-2)17-6-4-3-5-7-17/h3-7,9,11-12,15,22H,8,10,13-14H2,1-2H3,(H,26,28)/t22-/m1/s1. The Morgan fingerprint density at radius 2 is 2.06 bits per heavy atom. The predicted molar refractivity (Wildman–Crippen MR) is 120 cm³/mol. The van der Waals surface area contributed by atoms with E-state index in [4.69, 9.17) is 4.74 Å². The molecule has 1 atom stereocenters. The first kappa shape index (κ1) is 21.2. The van der Waals surface area contributed by atoms with E-state index >= 15 is 0 Å². The molecule has 0 bridgehead atoms.